The number of rotatable bonds is 5. The Bertz CT molecular complexity index is 172. The fourth-order valence-corrected chi connectivity index (χ4v) is 0.890. The fraction of sp³-hybridized carbons (Fsp3) is 0.778. The topological polar surface area (TPSA) is 50.1 Å². The highest BCUT2D eigenvalue weighted by molar-refractivity contribution is 5.71. The molecule has 1 unspecified atom stereocenters. The third kappa shape index (κ3) is 4.73. The molecule has 0 aliphatic heterocycles. The van der Waals surface area contributed by atoms with Crippen molar-refractivity contribution in [3.63, 3.8) is 0 Å². The number of esters is 1. The molecule has 0 amide bonds. The van der Waals surface area contributed by atoms with Crippen LogP contribution in [0.1, 0.15) is 33.1 Å². The van der Waals surface area contributed by atoms with Crippen molar-refractivity contribution >= 4 is 5.97 Å². The first-order chi connectivity index (χ1) is 5.72. The van der Waals surface area contributed by atoms with Crippen molar-refractivity contribution in [1.82, 2.24) is 0 Å². The van der Waals surface area contributed by atoms with Gasteiger partial charge in [-0.05, 0) is 6.42 Å². The minimum absolute atomic E-state index is 0.0336. The summed E-state index contributed by atoms with van der Waals surface area (Å²) < 4.78 is 4.84. The lowest BCUT2D eigenvalue weighted by atomic mass is 10.1. The Morgan fingerprint density at radius 1 is 1.67 bits per heavy atom. The number of carbonyl (C=O) groups is 1. The minimum Gasteiger partial charge on any atom is -0.464 e. The largest absolute Gasteiger partial charge is 0.464 e. The summed E-state index contributed by atoms with van der Waals surface area (Å²) in [5, 5.41) is 8.18. The first-order valence-electron chi connectivity index (χ1n) is 4.26. The van der Waals surface area contributed by atoms with E-state index in [4.69, 9.17) is 10.00 Å². The Balaban J connectivity index is 3.51. The maximum atomic E-state index is 11.1. The molecule has 0 bridgehead atoms. The molecule has 1 atom stereocenters. The zero-order chi connectivity index (χ0) is 9.40. The van der Waals surface area contributed by atoms with Crippen molar-refractivity contribution < 1.29 is 9.53 Å². The number of ether oxygens (including phenoxy) is 1. The Hall–Kier alpha value is -1.04. The second-order valence-corrected chi connectivity index (χ2v) is 2.77. The molecule has 68 valence electrons. The molecule has 0 rings (SSSR count). The van der Waals surface area contributed by atoms with E-state index in [1.54, 1.807) is 0 Å². The Labute approximate surface area is 73.3 Å². The summed E-state index contributed by atoms with van der Waals surface area (Å²) in [6, 6.07) is 1.92. The van der Waals surface area contributed by atoms with E-state index in [1.807, 2.05) is 19.9 Å². The van der Waals surface area contributed by atoms with Crippen LogP contribution in [-0.2, 0) is 9.53 Å². The van der Waals surface area contributed by atoms with Crippen LogP contribution in [0.2, 0.25) is 0 Å². The van der Waals surface area contributed by atoms with E-state index in [1.165, 1.54) is 0 Å². The monoisotopic (exact) mass is 169 g/mol. The van der Waals surface area contributed by atoms with E-state index in [2.05, 4.69) is 0 Å². The van der Waals surface area contributed by atoms with Crippen molar-refractivity contribution in [3.8, 4) is 6.07 Å². The lowest BCUT2D eigenvalue weighted by Crippen LogP contribution is -2.14. The van der Waals surface area contributed by atoms with Gasteiger partial charge >= 0.3 is 5.97 Å². The summed E-state index contributed by atoms with van der Waals surface area (Å²) in [5.41, 5.74) is 0. The summed E-state index contributed by atoms with van der Waals surface area (Å²) in [4.78, 5) is 11.1. The highest BCUT2D eigenvalue weighted by Crippen LogP contribution is 2.06. The molecule has 3 heteroatoms. The smallest absolute Gasteiger partial charge is 0.308 e. The number of nitriles is 1. The van der Waals surface area contributed by atoms with Gasteiger partial charge in [-0.25, -0.2) is 0 Å². The molecule has 0 spiro atoms. The number of hydrogen-bond donors (Lipinski definition) is 0. The van der Waals surface area contributed by atoms with Crippen molar-refractivity contribution in [1.29, 1.82) is 5.26 Å². The molecule has 3 nitrogen and oxygen atoms in total. The molecule has 0 aliphatic rings. The molecule has 0 saturated carbocycles. The summed E-state index contributed by atoms with van der Waals surface area (Å²) in [5.74, 6) is -0.221. The van der Waals surface area contributed by atoms with Crippen molar-refractivity contribution in [2.75, 3.05) is 6.61 Å². The number of carbonyl (C=O) groups excluding carboxylic acids is 1. The van der Waals surface area contributed by atoms with E-state index in [0.717, 1.165) is 12.8 Å². The summed E-state index contributed by atoms with van der Waals surface area (Å²) >= 11 is 0. The van der Waals surface area contributed by atoms with Gasteiger partial charge in [0.2, 0.25) is 0 Å². The molecule has 0 fully saturated rings. The average Bonchev–Trinajstić information content (AvgIpc) is 2.05. The molecule has 0 saturated heterocycles. The molecule has 0 aromatic carbocycles. The third-order valence-corrected chi connectivity index (χ3v) is 1.58. The molecule has 0 aromatic rings. The maximum absolute atomic E-state index is 11.1. The Morgan fingerprint density at radius 2 is 2.33 bits per heavy atom. The maximum Gasteiger partial charge on any atom is 0.308 e. The summed E-state index contributed by atoms with van der Waals surface area (Å²) in [6.45, 7) is 4.10. The molecule has 0 heterocycles. The van der Waals surface area contributed by atoms with Gasteiger partial charge in [0, 0.05) is 0 Å². The van der Waals surface area contributed by atoms with Crippen LogP contribution in [0, 0.1) is 17.2 Å². The van der Waals surface area contributed by atoms with Crippen LogP contribution >= 0.6 is 0 Å². The highest BCUT2D eigenvalue weighted by atomic mass is 16.5. The van der Waals surface area contributed by atoms with E-state index in [0.29, 0.717) is 0 Å². The second-order valence-electron chi connectivity index (χ2n) is 2.77. The molecule has 0 radical (unpaired) electrons. The van der Waals surface area contributed by atoms with Crippen LogP contribution in [0.25, 0.3) is 0 Å². The van der Waals surface area contributed by atoms with Gasteiger partial charge in [0.25, 0.3) is 0 Å². The lowest BCUT2D eigenvalue weighted by molar-refractivity contribution is -0.147. The SMILES string of the molecule is CCCC(C)C(=O)OCCC#N. The minimum atomic E-state index is -0.188. The molecule has 0 N–H and O–H groups in total. The van der Waals surface area contributed by atoms with Crippen LogP contribution in [-0.4, -0.2) is 12.6 Å². The van der Waals surface area contributed by atoms with Gasteiger partial charge in [-0.15, -0.1) is 0 Å². The zero-order valence-corrected chi connectivity index (χ0v) is 7.67. The van der Waals surface area contributed by atoms with Crippen LogP contribution in [0.4, 0.5) is 0 Å². The average molecular weight is 169 g/mol. The molecular weight excluding hydrogens is 154 g/mol. The van der Waals surface area contributed by atoms with Gasteiger partial charge < -0.3 is 4.74 Å². The standard InChI is InChI=1S/C9H15NO2/c1-3-5-8(2)9(11)12-7-4-6-10/h8H,3-5,7H2,1-2H3. The van der Waals surface area contributed by atoms with Gasteiger partial charge in [0.1, 0.15) is 6.61 Å². The molecule has 0 aliphatic carbocycles. The Morgan fingerprint density at radius 3 is 2.83 bits per heavy atom. The number of hydrogen-bond acceptors (Lipinski definition) is 3. The first kappa shape index (κ1) is 11.0. The predicted octanol–water partition coefficient (Wildman–Crippen LogP) is 1.88. The fourth-order valence-electron chi connectivity index (χ4n) is 0.890. The van der Waals surface area contributed by atoms with Crippen LogP contribution in [0.3, 0.4) is 0 Å². The van der Waals surface area contributed by atoms with E-state index < -0.39 is 0 Å². The van der Waals surface area contributed by atoms with Crippen molar-refractivity contribution in [2.45, 2.75) is 33.1 Å². The predicted molar refractivity (Wildman–Crippen MR) is 45.3 cm³/mol. The van der Waals surface area contributed by atoms with Gasteiger partial charge in [0.15, 0.2) is 0 Å². The van der Waals surface area contributed by atoms with Crippen LogP contribution < -0.4 is 0 Å². The Kier molecular flexibility index (Phi) is 6.08. The molecule has 0 aromatic heterocycles. The third-order valence-electron chi connectivity index (χ3n) is 1.58. The quantitative estimate of drug-likeness (QED) is 0.466. The van der Waals surface area contributed by atoms with Gasteiger partial charge in [0.05, 0.1) is 18.4 Å². The van der Waals surface area contributed by atoms with Crippen molar-refractivity contribution in [3.05, 3.63) is 0 Å². The molecule has 12 heavy (non-hydrogen) atoms. The summed E-state index contributed by atoms with van der Waals surface area (Å²) in [6.07, 6.45) is 2.12. The van der Waals surface area contributed by atoms with Crippen LogP contribution in [0.15, 0.2) is 0 Å². The first-order valence-corrected chi connectivity index (χ1v) is 4.26. The van der Waals surface area contributed by atoms with E-state index in [9.17, 15) is 4.79 Å². The molecular formula is C9H15NO2. The van der Waals surface area contributed by atoms with E-state index >= 15 is 0 Å². The highest BCUT2D eigenvalue weighted by Gasteiger charge is 2.12. The van der Waals surface area contributed by atoms with Crippen molar-refractivity contribution in [2.24, 2.45) is 5.92 Å². The second kappa shape index (κ2) is 6.66. The normalized spacial score (nSPS) is 11.8. The van der Waals surface area contributed by atoms with Gasteiger partial charge in [-0.2, -0.15) is 5.26 Å². The van der Waals surface area contributed by atoms with Gasteiger partial charge in [-0.1, -0.05) is 20.3 Å². The lowest BCUT2D eigenvalue weighted by Gasteiger charge is -2.08. The summed E-state index contributed by atoms with van der Waals surface area (Å²) in [7, 11) is 0. The van der Waals surface area contributed by atoms with Gasteiger partial charge in [-0.3, -0.25) is 4.79 Å². The number of nitrogens with zero attached hydrogens (tertiary/aromatic N) is 1. The zero-order valence-electron chi connectivity index (χ0n) is 7.67. The van der Waals surface area contributed by atoms with Crippen LogP contribution in [0.5, 0.6) is 0 Å². The van der Waals surface area contributed by atoms with E-state index in [-0.39, 0.29) is 24.9 Å².